The van der Waals surface area contributed by atoms with Crippen LogP contribution in [0.15, 0.2) is 18.3 Å². The van der Waals surface area contributed by atoms with Gasteiger partial charge in [0.1, 0.15) is 5.69 Å². The summed E-state index contributed by atoms with van der Waals surface area (Å²) in [7, 11) is 0. The molecule has 4 heteroatoms. The van der Waals surface area contributed by atoms with Gasteiger partial charge in [-0.3, -0.25) is 9.78 Å². The van der Waals surface area contributed by atoms with E-state index in [9.17, 15) is 4.79 Å². The van der Waals surface area contributed by atoms with Crippen LogP contribution in [0.2, 0.25) is 0 Å². The molecule has 0 saturated carbocycles. The molecule has 1 heterocycles. The maximum absolute atomic E-state index is 11.7. The third kappa shape index (κ3) is 6.04. The molecule has 1 aromatic rings. The van der Waals surface area contributed by atoms with Crippen molar-refractivity contribution in [1.29, 1.82) is 0 Å². The monoisotopic (exact) mass is 277 g/mol. The molecule has 0 aliphatic rings. The number of hydrogen-bond donors (Lipinski definition) is 2. The highest BCUT2D eigenvalue weighted by molar-refractivity contribution is 5.93. The third-order valence-corrected chi connectivity index (χ3v) is 3.23. The van der Waals surface area contributed by atoms with E-state index in [2.05, 4.69) is 29.5 Å². The zero-order valence-corrected chi connectivity index (χ0v) is 12.9. The van der Waals surface area contributed by atoms with Crippen molar-refractivity contribution in [3.05, 3.63) is 24.0 Å². The average molecular weight is 277 g/mol. The molecule has 0 bridgehead atoms. The first kappa shape index (κ1) is 16.5. The van der Waals surface area contributed by atoms with Crippen LogP contribution in [0.4, 0.5) is 5.69 Å². The van der Waals surface area contributed by atoms with E-state index in [0.717, 1.165) is 12.1 Å². The van der Waals surface area contributed by atoms with Gasteiger partial charge in [-0.2, -0.15) is 0 Å². The van der Waals surface area contributed by atoms with Crippen LogP contribution in [0, 0.1) is 0 Å². The summed E-state index contributed by atoms with van der Waals surface area (Å²) in [4.78, 5) is 15.8. The zero-order valence-electron chi connectivity index (χ0n) is 12.9. The molecule has 1 unspecified atom stereocenters. The van der Waals surface area contributed by atoms with Crippen molar-refractivity contribution in [2.45, 2.75) is 58.9 Å². The predicted octanol–water partition coefficient (Wildman–Crippen LogP) is 3.60. The number of amides is 1. The highest BCUT2D eigenvalue weighted by Gasteiger charge is 2.08. The van der Waals surface area contributed by atoms with Crippen LogP contribution in [0.5, 0.6) is 0 Å². The Hall–Kier alpha value is -1.58. The van der Waals surface area contributed by atoms with Crippen LogP contribution >= 0.6 is 0 Å². The molecule has 112 valence electrons. The molecular formula is C16H27N3O. The number of rotatable bonds is 9. The molecule has 1 amide bonds. The van der Waals surface area contributed by atoms with Gasteiger partial charge in [0, 0.05) is 24.5 Å². The van der Waals surface area contributed by atoms with Crippen molar-refractivity contribution >= 4 is 11.6 Å². The Kier molecular flexibility index (Phi) is 7.70. The molecule has 2 N–H and O–H groups in total. The Bertz CT molecular complexity index is 406. The van der Waals surface area contributed by atoms with Crippen LogP contribution < -0.4 is 10.6 Å². The SMILES string of the molecule is CCCCCCC(C)Nc1ccnc(C(=O)NCC)c1. The number of carbonyl (C=O) groups is 1. The van der Waals surface area contributed by atoms with Crippen LogP contribution in [0.25, 0.3) is 0 Å². The van der Waals surface area contributed by atoms with Crippen molar-refractivity contribution in [1.82, 2.24) is 10.3 Å². The summed E-state index contributed by atoms with van der Waals surface area (Å²) in [5.41, 5.74) is 1.43. The molecule has 0 aliphatic carbocycles. The topological polar surface area (TPSA) is 54.0 Å². The molecule has 0 aliphatic heterocycles. The second-order valence-electron chi connectivity index (χ2n) is 5.18. The van der Waals surface area contributed by atoms with Gasteiger partial charge in [-0.1, -0.05) is 32.6 Å². The summed E-state index contributed by atoms with van der Waals surface area (Å²) < 4.78 is 0. The molecule has 1 rings (SSSR count). The van der Waals surface area contributed by atoms with E-state index in [1.165, 1.54) is 25.7 Å². The van der Waals surface area contributed by atoms with Gasteiger partial charge in [0.25, 0.3) is 5.91 Å². The number of anilines is 1. The van der Waals surface area contributed by atoms with Gasteiger partial charge in [0.2, 0.25) is 0 Å². The number of hydrogen-bond acceptors (Lipinski definition) is 3. The van der Waals surface area contributed by atoms with Crippen LogP contribution in [-0.4, -0.2) is 23.5 Å². The summed E-state index contributed by atoms with van der Waals surface area (Å²) in [6, 6.07) is 4.13. The highest BCUT2D eigenvalue weighted by atomic mass is 16.1. The number of carbonyl (C=O) groups excluding carboxylic acids is 1. The Morgan fingerprint density at radius 1 is 1.30 bits per heavy atom. The van der Waals surface area contributed by atoms with Crippen molar-refractivity contribution in [2.24, 2.45) is 0 Å². The van der Waals surface area contributed by atoms with E-state index >= 15 is 0 Å². The van der Waals surface area contributed by atoms with Crippen molar-refractivity contribution in [3.8, 4) is 0 Å². The Labute approximate surface area is 122 Å². The highest BCUT2D eigenvalue weighted by Crippen LogP contribution is 2.13. The van der Waals surface area contributed by atoms with Gasteiger partial charge in [-0.15, -0.1) is 0 Å². The minimum Gasteiger partial charge on any atom is -0.382 e. The second kappa shape index (κ2) is 9.34. The maximum atomic E-state index is 11.7. The molecule has 0 spiro atoms. The van der Waals surface area contributed by atoms with E-state index in [1.54, 1.807) is 6.20 Å². The summed E-state index contributed by atoms with van der Waals surface area (Å²) >= 11 is 0. The molecular weight excluding hydrogens is 250 g/mol. The lowest BCUT2D eigenvalue weighted by atomic mass is 10.1. The van der Waals surface area contributed by atoms with Crippen LogP contribution in [0.1, 0.15) is 63.4 Å². The minimum absolute atomic E-state index is 0.119. The average Bonchev–Trinajstić information content (AvgIpc) is 2.44. The first-order valence-electron chi connectivity index (χ1n) is 7.68. The molecule has 20 heavy (non-hydrogen) atoms. The van der Waals surface area contributed by atoms with E-state index in [4.69, 9.17) is 0 Å². The molecule has 0 aromatic carbocycles. The fourth-order valence-corrected chi connectivity index (χ4v) is 2.13. The Morgan fingerprint density at radius 2 is 2.10 bits per heavy atom. The minimum atomic E-state index is -0.119. The number of aromatic nitrogens is 1. The smallest absolute Gasteiger partial charge is 0.269 e. The normalized spacial score (nSPS) is 11.9. The number of nitrogens with zero attached hydrogens (tertiary/aromatic N) is 1. The fraction of sp³-hybridized carbons (Fsp3) is 0.625. The van der Waals surface area contributed by atoms with E-state index < -0.39 is 0 Å². The molecule has 0 fully saturated rings. The maximum Gasteiger partial charge on any atom is 0.269 e. The summed E-state index contributed by atoms with van der Waals surface area (Å²) in [5, 5.41) is 6.20. The van der Waals surface area contributed by atoms with Crippen molar-refractivity contribution < 1.29 is 4.79 Å². The summed E-state index contributed by atoms with van der Waals surface area (Å²) in [5.74, 6) is -0.119. The van der Waals surface area contributed by atoms with Gasteiger partial charge < -0.3 is 10.6 Å². The molecule has 0 radical (unpaired) electrons. The molecule has 4 nitrogen and oxygen atoms in total. The van der Waals surface area contributed by atoms with Crippen molar-refractivity contribution in [2.75, 3.05) is 11.9 Å². The van der Waals surface area contributed by atoms with Gasteiger partial charge in [-0.05, 0) is 32.4 Å². The Morgan fingerprint density at radius 3 is 2.80 bits per heavy atom. The molecule has 1 atom stereocenters. The Balaban J connectivity index is 2.46. The molecule has 0 saturated heterocycles. The van der Waals surface area contributed by atoms with Gasteiger partial charge in [0.05, 0.1) is 0 Å². The third-order valence-electron chi connectivity index (χ3n) is 3.23. The first-order chi connectivity index (χ1) is 9.67. The number of pyridine rings is 1. The van der Waals surface area contributed by atoms with Crippen molar-refractivity contribution in [3.63, 3.8) is 0 Å². The first-order valence-corrected chi connectivity index (χ1v) is 7.68. The predicted molar refractivity (Wildman–Crippen MR) is 84.1 cm³/mol. The van der Waals surface area contributed by atoms with Gasteiger partial charge >= 0.3 is 0 Å². The fourth-order valence-electron chi connectivity index (χ4n) is 2.13. The van der Waals surface area contributed by atoms with E-state index in [-0.39, 0.29) is 5.91 Å². The lowest BCUT2D eigenvalue weighted by Crippen LogP contribution is -2.24. The summed E-state index contributed by atoms with van der Waals surface area (Å²) in [6.07, 6.45) is 7.94. The zero-order chi connectivity index (χ0) is 14.8. The molecule has 1 aromatic heterocycles. The second-order valence-corrected chi connectivity index (χ2v) is 5.18. The standard InChI is InChI=1S/C16H27N3O/c1-4-6-7-8-9-13(3)19-14-10-11-18-15(12-14)16(20)17-5-2/h10-13H,4-9H2,1-3H3,(H,17,20)(H,18,19). The van der Waals surface area contributed by atoms with Crippen LogP contribution in [-0.2, 0) is 0 Å². The largest absolute Gasteiger partial charge is 0.382 e. The lowest BCUT2D eigenvalue weighted by Gasteiger charge is -2.15. The lowest BCUT2D eigenvalue weighted by molar-refractivity contribution is 0.0951. The quantitative estimate of drug-likeness (QED) is 0.678. The van der Waals surface area contributed by atoms with Crippen LogP contribution in [0.3, 0.4) is 0 Å². The van der Waals surface area contributed by atoms with Gasteiger partial charge in [0.15, 0.2) is 0 Å². The number of unbranched alkanes of at least 4 members (excludes halogenated alkanes) is 3. The van der Waals surface area contributed by atoms with Gasteiger partial charge in [-0.25, -0.2) is 0 Å². The number of nitrogens with one attached hydrogen (secondary N) is 2. The summed E-state index contributed by atoms with van der Waals surface area (Å²) in [6.45, 7) is 6.92. The van der Waals surface area contributed by atoms with E-state index in [1.807, 2.05) is 19.1 Å². The van der Waals surface area contributed by atoms with E-state index in [0.29, 0.717) is 18.3 Å².